The Labute approximate surface area is 341 Å². The molecule has 0 unspecified atom stereocenters. The van der Waals surface area contributed by atoms with Crippen LogP contribution in [0, 0.1) is 28.9 Å². The molecule has 1 amide bonds. The summed E-state index contributed by atoms with van der Waals surface area (Å²) in [6.45, 7) is 14.9. The zero-order valence-corrected chi connectivity index (χ0v) is 35.9. The molecule has 3 saturated heterocycles. The molecule has 0 spiro atoms. The van der Waals surface area contributed by atoms with Crippen molar-refractivity contribution in [2.75, 3.05) is 34.4 Å². The van der Waals surface area contributed by atoms with E-state index in [1.807, 2.05) is 77.9 Å². The number of rotatable bonds is 9. The minimum Gasteiger partial charge on any atom is -0.623 e. The van der Waals surface area contributed by atoms with Gasteiger partial charge in [0.2, 0.25) is 6.67 Å². The number of amides is 1. The molecule has 1 aromatic heterocycles. The van der Waals surface area contributed by atoms with Crippen LogP contribution in [0.3, 0.4) is 0 Å². The first-order chi connectivity index (χ1) is 27.4. The summed E-state index contributed by atoms with van der Waals surface area (Å²) in [5.41, 5.74) is -0.521. The standard InChI is InChI=1S/C41H63N7O10/c1-12-31-41(8)35-25(4)32(47(53)22-45(48(35)39(52)58-41)18-15-19-46-29-17-14-13-16-28(29)42-43-46)23(2)21-40(7,54-11)36(26(5)33(49)27(6)37(51)56-31)57-38-34(50)30(44(9)10)20-24(3)55-38/h13-14,16-17,23-27,30-31,34-36,38,50H,12,15,18-22H2,1-11H3/t23-,24-,25+,26+,27-,30+,31-,34-,35-,36-,38+,40+,41-/m1/s1. The van der Waals surface area contributed by atoms with Crippen LogP contribution in [-0.2, 0) is 39.8 Å². The lowest BCUT2D eigenvalue weighted by molar-refractivity contribution is -0.494. The summed E-state index contributed by atoms with van der Waals surface area (Å²) in [7, 11) is 5.28. The molecule has 17 heteroatoms. The van der Waals surface area contributed by atoms with E-state index in [0.717, 1.165) is 15.8 Å². The lowest BCUT2D eigenvalue weighted by Gasteiger charge is -2.47. The summed E-state index contributed by atoms with van der Waals surface area (Å²) in [5.74, 6) is -4.48. The zero-order chi connectivity index (χ0) is 42.4. The Morgan fingerprint density at radius 1 is 1.07 bits per heavy atom. The number of hydroxylamine groups is 1. The van der Waals surface area contributed by atoms with E-state index >= 15 is 0 Å². The number of hydrazine groups is 1. The number of aliphatic hydroxyl groups is 1. The van der Waals surface area contributed by atoms with Crippen LogP contribution in [0.2, 0.25) is 0 Å². The van der Waals surface area contributed by atoms with Crippen LogP contribution < -0.4 is 0 Å². The number of cyclic esters (lactones) is 1. The first-order valence-electron chi connectivity index (χ1n) is 20.7. The number of Topliss-reactive ketones (excluding diaryl/α,β-unsaturated/α-hetero) is 1. The number of hydrogen-bond donors (Lipinski definition) is 1. The highest BCUT2D eigenvalue weighted by molar-refractivity contribution is 6.00. The third kappa shape index (κ3) is 7.97. The largest absolute Gasteiger partial charge is 0.623 e. The third-order valence-corrected chi connectivity index (χ3v) is 13.2. The number of esters is 1. The molecule has 1 N–H and O–H groups in total. The van der Waals surface area contributed by atoms with E-state index < -0.39 is 83.4 Å². The van der Waals surface area contributed by atoms with Crippen molar-refractivity contribution >= 4 is 34.6 Å². The summed E-state index contributed by atoms with van der Waals surface area (Å²) >= 11 is 0. The van der Waals surface area contributed by atoms with E-state index in [1.165, 1.54) is 19.0 Å². The van der Waals surface area contributed by atoms with Crippen LogP contribution in [0.25, 0.3) is 11.0 Å². The van der Waals surface area contributed by atoms with Gasteiger partial charge in [-0.1, -0.05) is 45.0 Å². The number of nitrogens with zero attached hydrogens (tertiary/aromatic N) is 7. The number of carbonyl (C=O) groups is 3. The highest BCUT2D eigenvalue weighted by Crippen LogP contribution is 2.44. The number of likely N-dealkylation sites (N-methyl/N-ethyl adjacent to an activating group) is 1. The van der Waals surface area contributed by atoms with E-state index in [4.69, 9.17) is 23.7 Å². The fourth-order valence-electron chi connectivity index (χ4n) is 10.1. The Balaban J connectivity index is 1.41. The topological polar surface area (TPSA) is 184 Å². The number of fused-ring (bicyclic) bond motifs is 2. The van der Waals surface area contributed by atoms with E-state index in [9.17, 15) is 24.7 Å². The van der Waals surface area contributed by atoms with Crippen LogP contribution in [0.5, 0.6) is 0 Å². The summed E-state index contributed by atoms with van der Waals surface area (Å²) < 4.78 is 34.4. The maximum absolute atomic E-state index is 14.7. The van der Waals surface area contributed by atoms with Crippen LogP contribution in [0.1, 0.15) is 81.1 Å². The SMILES string of the molecule is CC[C@H]1OC(=O)[C@H](C)C(=O)[C@H](C)[C@@H](O[C@@H]2O[C@H](C)C[C@H](N(C)C)[C@H]2O)[C@@](C)(OC)C[C@@H](C)C2=[N+]([O-])CN(CCCn3nnc4ccccc43)N3C(=O)O[C@@]1(C)[C@H]3[C@H]2C. The van der Waals surface area contributed by atoms with Gasteiger partial charge >= 0.3 is 12.1 Å². The molecule has 322 valence electrons. The van der Waals surface area contributed by atoms with Gasteiger partial charge in [-0.25, -0.2) is 14.5 Å². The van der Waals surface area contributed by atoms with Crippen LogP contribution in [0.15, 0.2) is 24.3 Å². The first kappa shape index (κ1) is 43.8. The highest BCUT2D eigenvalue weighted by Gasteiger charge is 2.63. The minimum absolute atomic E-state index is 0.179. The fraction of sp³-hybridized carbons (Fsp3) is 0.756. The van der Waals surface area contributed by atoms with E-state index in [-0.39, 0.29) is 31.7 Å². The molecule has 17 nitrogen and oxygen atoms in total. The van der Waals surface area contributed by atoms with Gasteiger partial charge < -0.3 is 38.9 Å². The number of ketones is 1. The van der Waals surface area contributed by atoms with Gasteiger partial charge in [-0.15, -0.1) is 5.10 Å². The van der Waals surface area contributed by atoms with Gasteiger partial charge in [0.1, 0.15) is 29.7 Å². The molecule has 1 aromatic carbocycles. The van der Waals surface area contributed by atoms with E-state index in [1.54, 1.807) is 23.5 Å². The second-order valence-corrected chi connectivity index (χ2v) is 17.5. The summed E-state index contributed by atoms with van der Waals surface area (Å²) in [5, 5.41) is 38.0. The third-order valence-electron chi connectivity index (χ3n) is 13.2. The number of carbonyl (C=O) groups excluding carboxylic acids is 3. The molecule has 3 fully saturated rings. The van der Waals surface area contributed by atoms with Gasteiger partial charge in [-0.3, -0.25) is 9.59 Å². The van der Waals surface area contributed by atoms with Crippen molar-refractivity contribution in [1.82, 2.24) is 29.9 Å². The molecule has 13 atom stereocenters. The summed E-state index contributed by atoms with van der Waals surface area (Å²) in [6.07, 6.45) is -3.54. The Hall–Kier alpha value is -3.74. The number of benzene rings is 1. The molecule has 4 aliphatic rings. The van der Waals surface area contributed by atoms with Crippen LogP contribution in [-0.4, -0.2) is 152 Å². The number of para-hydroxylation sites is 1. The van der Waals surface area contributed by atoms with Crippen molar-refractivity contribution in [2.45, 2.75) is 142 Å². The Morgan fingerprint density at radius 2 is 1.78 bits per heavy atom. The van der Waals surface area contributed by atoms with Crippen molar-refractivity contribution < 1.29 is 47.9 Å². The van der Waals surface area contributed by atoms with Gasteiger partial charge in [0.15, 0.2) is 23.4 Å². The van der Waals surface area contributed by atoms with Crippen LogP contribution in [0.4, 0.5) is 4.79 Å². The number of ether oxygens (including phenoxy) is 5. The molecule has 0 radical (unpaired) electrons. The van der Waals surface area contributed by atoms with Crippen molar-refractivity contribution in [2.24, 2.45) is 23.7 Å². The van der Waals surface area contributed by atoms with Crippen molar-refractivity contribution in [1.29, 1.82) is 0 Å². The molecule has 58 heavy (non-hydrogen) atoms. The second-order valence-electron chi connectivity index (χ2n) is 17.5. The molecule has 2 bridgehead atoms. The Bertz CT molecular complexity index is 1860. The molecule has 5 heterocycles. The maximum Gasteiger partial charge on any atom is 0.425 e. The van der Waals surface area contributed by atoms with Gasteiger partial charge in [0.05, 0.1) is 29.2 Å². The van der Waals surface area contributed by atoms with Crippen LogP contribution >= 0.6 is 0 Å². The summed E-state index contributed by atoms with van der Waals surface area (Å²) in [6, 6.07) is 6.60. The Kier molecular flexibility index (Phi) is 12.9. The first-order valence-corrected chi connectivity index (χ1v) is 20.7. The molecule has 0 aliphatic carbocycles. The lowest BCUT2D eigenvalue weighted by atomic mass is 9.73. The molecule has 6 rings (SSSR count). The molecule has 0 saturated carbocycles. The van der Waals surface area contributed by atoms with Gasteiger partial charge in [0.25, 0.3) is 0 Å². The average Bonchev–Trinajstić information content (AvgIpc) is 3.68. The van der Waals surface area contributed by atoms with Gasteiger partial charge in [-0.2, -0.15) is 9.75 Å². The number of aryl methyl sites for hydroxylation is 1. The number of aromatic nitrogens is 3. The molecule has 2 aromatic rings. The van der Waals surface area contributed by atoms with Crippen molar-refractivity contribution in [3.8, 4) is 0 Å². The fourth-order valence-corrected chi connectivity index (χ4v) is 10.1. The number of aliphatic hydroxyl groups excluding tert-OH is 1. The number of hydrogen-bond acceptors (Lipinski definition) is 14. The second kappa shape index (κ2) is 17.1. The smallest absolute Gasteiger partial charge is 0.425 e. The van der Waals surface area contributed by atoms with Gasteiger partial charge in [-0.05, 0) is 79.6 Å². The predicted molar refractivity (Wildman–Crippen MR) is 212 cm³/mol. The number of methoxy groups -OCH3 is 1. The molecular weight excluding hydrogens is 750 g/mol. The van der Waals surface area contributed by atoms with E-state index in [0.29, 0.717) is 31.6 Å². The summed E-state index contributed by atoms with van der Waals surface area (Å²) in [4.78, 5) is 44.5. The van der Waals surface area contributed by atoms with Crippen molar-refractivity contribution in [3.63, 3.8) is 0 Å². The Morgan fingerprint density at radius 3 is 2.45 bits per heavy atom. The highest BCUT2D eigenvalue weighted by atomic mass is 16.7. The predicted octanol–water partition coefficient (Wildman–Crippen LogP) is 3.60. The average molecular weight is 814 g/mol. The zero-order valence-electron chi connectivity index (χ0n) is 35.9. The normalized spacial score (nSPS) is 38.2. The lowest BCUT2D eigenvalue weighted by Crippen LogP contribution is -2.61. The van der Waals surface area contributed by atoms with Gasteiger partial charge in [0, 0.05) is 38.1 Å². The quantitative estimate of drug-likeness (QED) is 0.168. The monoisotopic (exact) mass is 813 g/mol. The molecular formula is C41H63N7O10. The van der Waals surface area contributed by atoms with E-state index in [2.05, 4.69) is 10.3 Å². The van der Waals surface area contributed by atoms with Crippen molar-refractivity contribution in [3.05, 3.63) is 29.5 Å². The minimum atomic E-state index is -1.40. The molecule has 4 aliphatic heterocycles. The maximum atomic E-state index is 14.7.